The summed E-state index contributed by atoms with van der Waals surface area (Å²) < 4.78 is 5.82. The van der Waals surface area contributed by atoms with Gasteiger partial charge in [0.05, 0.1) is 0 Å². The second-order valence-electron chi connectivity index (χ2n) is 7.86. The van der Waals surface area contributed by atoms with Crippen LogP contribution in [0.4, 0.5) is 0 Å². The predicted octanol–water partition coefficient (Wildman–Crippen LogP) is 4.19. The van der Waals surface area contributed by atoms with Crippen molar-refractivity contribution in [1.29, 1.82) is 0 Å². The first-order valence-electron chi connectivity index (χ1n) is 10.1. The van der Waals surface area contributed by atoms with Gasteiger partial charge in [-0.2, -0.15) is 0 Å². The van der Waals surface area contributed by atoms with Gasteiger partial charge in [0.25, 0.3) is 11.8 Å². The first-order valence-corrected chi connectivity index (χ1v) is 10.5. The van der Waals surface area contributed by atoms with Crippen LogP contribution in [-0.2, 0) is 11.3 Å². The number of carbonyl (C=O) groups excluding carboxylic acids is 2. The Kier molecular flexibility index (Phi) is 5.76. The number of hydrogen-bond donors (Lipinski definition) is 1. The monoisotopic (exact) mass is 412 g/mol. The lowest BCUT2D eigenvalue weighted by Gasteiger charge is -2.26. The van der Waals surface area contributed by atoms with E-state index in [4.69, 9.17) is 16.3 Å². The van der Waals surface area contributed by atoms with Gasteiger partial charge in [-0.3, -0.25) is 9.59 Å². The van der Waals surface area contributed by atoms with Gasteiger partial charge in [-0.1, -0.05) is 23.7 Å². The van der Waals surface area contributed by atoms with Crippen LogP contribution < -0.4 is 10.1 Å². The quantitative estimate of drug-likeness (QED) is 0.707. The predicted molar refractivity (Wildman–Crippen MR) is 112 cm³/mol. The Morgan fingerprint density at radius 1 is 1.07 bits per heavy atom. The van der Waals surface area contributed by atoms with Crippen LogP contribution in [0.5, 0.6) is 5.75 Å². The molecule has 29 heavy (non-hydrogen) atoms. The van der Waals surface area contributed by atoms with Gasteiger partial charge in [-0.05, 0) is 74.6 Å². The minimum Gasteiger partial charge on any atom is -0.481 e. The van der Waals surface area contributed by atoms with Gasteiger partial charge in [0.2, 0.25) is 0 Å². The lowest BCUT2D eigenvalue weighted by Crippen LogP contribution is -2.41. The summed E-state index contributed by atoms with van der Waals surface area (Å²) in [6.07, 6.45) is 3.58. The van der Waals surface area contributed by atoms with E-state index in [2.05, 4.69) is 5.32 Å². The molecule has 2 aromatic rings. The molecule has 1 atom stereocenters. The number of carbonyl (C=O) groups is 2. The zero-order valence-electron chi connectivity index (χ0n) is 16.4. The molecule has 2 aliphatic carbocycles. The topological polar surface area (TPSA) is 58.6 Å². The summed E-state index contributed by atoms with van der Waals surface area (Å²) in [7, 11) is 0. The van der Waals surface area contributed by atoms with Crippen LogP contribution in [0.2, 0.25) is 5.02 Å². The number of amides is 2. The molecule has 0 bridgehead atoms. The van der Waals surface area contributed by atoms with E-state index in [1.54, 1.807) is 31.2 Å². The molecule has 0 spiro atoms. The Bertz CT molecular complexity index is 874. The van der Waals surface area contributed by atoms with Gasteiger partial charge in [-0.25, -0.2) is 0 Å². The minimum atomic E-state index is -0.583. The second-order valence-corrected chi connectivity index (χ2v) is 8.29. The summed E-state index contributed by atoms with van der Waals surface area (Å²) in [5.41, 5.74) is 1.66. The van der Waals surface area contributed by atoms with E-state index in [9.17, 15) is 9.59 Å². The van der Waals surface area contributed by atoms with Crippen molar-refractivity contribution in [1.82, 2.24) is 10.2 Å². The molecule has 2 aromatic carbocycles. The highest BCUT2D eigenvalue weighted by Gasteiger charge is 2.35. The van der Waals surface area contributed by atoms with Crippen molar-refractivity contribution in [3.63, 3.8) is 0 Å². The molecular weight excluding hydrogens is 388 g/mol. The van der Waals surface area contributed by atoms with Gasteiger partial charge in [0.1, 0.15) is 5.75 Å². The maximum atomic E-state index is 13.0. The van der Waals surface area contributed by atoms with Crippen molar-refractivity contribution < 1.29 is 14.3 Å². The maximum absolute atomic E-state index is 13.0. The molecule has 2 amide bonds. The van der Waals surface area contributed by atoms with E-state index in [1.807, 2.05) is 29.2 Å². The molecule has 0 heterocycles. The number of nitrogens with one attached hydrogen (secondary N) is 1. The standard InChI is InChI=1S/C23H25ClN2O3/c1-15(29-21-12-6-18(24)7-13-21)23(28)26(20-10-11-20)14-16-2-4-17(5-3-16)22(27)25-19-8-9-19/h2-7,12-13,15,19-20H,8-11,14H2,1H3,(H,25,27). The summed E-state index contributed by atoms with van der Waals surface area (Å²) >= 11 is 5.90. The molecule has 4 rings (SSSR count). The molecule has 1 unspecified atom stereocenters. The Hall–Kier alpha value is -2.53. The molecule has 2 fully saturated rings. The van der Waals surface area contributed by atoms with Crippen molar-refractivity contribution in [2.24, 2.45) is 0 Å². The summed E-state index contributed by atoms with van der Waals surface area (Å²) in [4.78, 5) is 27.0. The van der Waals surface area contributed by atoms with E-state index in [-0.39, 0.29) is 17.9 Å². The average molecular weight is 413 g/mol. The van der Waals surface area contributed by atoms with Gasteiger partial charge < -0.3 is 15.0 Å². The summed E-state index contributed by atoms with van der Waals surface area (Å²) in [5.74, 6) is 0.564. The van der Waals surface area contributed by atoms with Crippen LogP contribution in [0.1, 0.15) is 48.5 Å². The normalized spacial score (nSPS) is 16.8. The van der Waals surface area contributed by atoms with Crippen LogP contribution in [0.25, 0.3) is 0 Å². The van der Waals surface area contributed by atoms with E-state index < -0.39 is 6.10 Å². The number of rotatable bonds is 8. The Morgan fingerprint density at radius 3 is 2.31 bits per heavy atom. The Labute approximate surface area is 176 Å². The Balaban J connectivity index is 1.38. The van der Waals surface area contributed by atoms with Crippen molar-refractivity contribution in [3.05, 3.63) is 64.7 Å². The maximum Gasteiger partial charge on any atom is 0.263 e. The zero-order chi connectivity index (χ0) is 20.4. The summed E-state index contributed by atoms with van der Waals surface area (Å²) in [6.45, 7) is 2.29. The molecule has 2 aliphatic rings. The van der Waals surface area contributed by atoms with Gasteiger partial charge in [-0.15, -0.1) is 0 Å². The van der Waals surface area contributed by atoms with E-state index in [1.165, 1.54) is 0 Å². The first kappa shape index (κ1) is 19.8. The number of benzene rings is 2. The SMILES string of the molecule is CC(Oc1ccc(Cl)cc1)C(=O)N(Cc1ccc(C(=O)NC2CC2)cc1)C1CC1. The van der Waals surface area contributed by atoms with E-state index >= 15 is 0 Å². The first-order chi connectivity index (χ1) is 14.0. The highest BCUT2D eigenvalue weighted by atomic mass is 35.5. The molecule has 5 nitrogen and oxygen atoms in total. The third-order valence-corrected chi connectivity index (χ3v) is 5.48. The smallest absolute Gasteiger partial charge is 0.263 e. The fourth-order valence-electron chi connectivity index (χ4n) is 3.23. The molecule has 1 N–H and O–H groups in total. The van der Waals surface area contributed by atoms with Crippen LogP contribution in [0.3, 0.4) is 0 Å². The third kappa shape index (κ3) is 5.30. The largest absolute Gasteiger partial charge is 0.481 e. The van der Waals surface area contributed by atoms with Gasteiger partial charge in [0, 0.05) is 29.2 Å². The van der Waals surface area contributed by atoms with Crippen LogP contribution >= 0.6 is 11.6 Å². The third-order valence-electron chi connectivity index (χ3n) is 5.23. The van der Waals surface area contributed by atoms with Crippen LogP contribution in [-0.4, -0.2) is 34.9 Å². The lowest BCUT2D eigenvalue weighted by molar-refractivity contribution is -0.139. The van der Waals surface area contributed by atoms with Crippen molar-refractivity contribution in [2.45, 2.75) is 57.3 Å². The van der Waals surface area contributed by atoms with Gasteiger partial charge in [0.15, 0.2) is 6.10 Å². The number of hydrogen-bond acceptors (Lipinski definition) is 3. The highest BCUT2D eigenvalue weighted by Crippen LogP contribution is 2.30. The molecule has 0 saturated heterocycles. The minimum absolute atomic E-state index is 0.0286. The molecule has 2 saturated carbocycles. The number of ether oxygens (including phenoxy) is 1. The van der Waals surface area contributed by atoms with Crippen molar-refractivity contribution in [3.8, 4) is 5.75 Å². The van der Waals surface area contributed by atoms with Crippen molar-refractivity contribution >= 4 is 23.4 Å². The van der Waals surface area contributed by atoms with Crippen molar-refractivity contribution in [2.75, 3.05) is 0 Å². The molecular formula is C23H25ClN2O3. The number of nitrogens with zero attached hydrogens (tertiary/aromatic N) is 1. The molecule has 0 aromatic heterocycles. The van der Waals surface area contributed by atoms with E-state index in [0.717, 1.165) is 31.2 Å². The van der Waals surface area contributed by atoms with Crippen LogP contribution in [0, 0.1) is 0 Å². The highest BCUT2D eigenvalue weighted by molar-refractivity contribution is 6.30. The fraction of sp³-hybridized carbons (Fsp3) is 0.391. The summed E-state index contributed by atoms with van der Waals surface area (Å²) in [5, 5.41) is 3.62. The number of halogens is 1. The molecule has 0 radical (unpaired) electrons. The van der Waals surface area contributed by atoms with Crippen LogP contribution in [0.15, 0.2) is 48.5 Å². The molecule has 152 valence electrons. The second kappa shape index (κ2) is 8.46. The average Bonchev–Trinajstić information content (AvgIpc) is 3.62. The molecule has 6 heteroatoms. The fourth-order valence-corrected chi connectivity index (χ4v) is 3.36. The molecule has 0 aliphatic heterocycles. The summed E-state index contributed by atoms with van der Waals surface area (Å²) in [6, 6.07) is 15.1. The van der Waals surface area contributed by atoms with Gasteiger partial charge >= 0.3 is 0 Å². The zero-order valence-corrected chi connectivity index (χ0v) is 17.2. The Morgan fingerprint density at radius 2 is 1.72 bits per heavy atom. The van der Waals surface area contributed by atoms with E-state index in [0.29, 0.717) is 28.9 Å². The lowest BCUT2D eigenvalue weighted by atomic mass is 10.1.